The summed E-state index contributed by atoms with van der Waals surface area (Å²) in [4.78, 5) is 2.75. The minimum atomic E-state index is 0.768. The summed E-state index contributed by atoms with van der Waals surface area (Å²) in [6.45, 7) is 8.81. The van der Waals surface area contributed by atoms with Gasteiger partial charge in [0.15, 0.2) is 0 Å². The van der Waals surface area contributed by atoms with Crippen LogP contribution in [0.3, 0.4) is 0 Å². The van der Waals surface area contributed by atoms with Gasteiger partial charge in [0, 0.05) is 12.6 Å². The molecular formula is C17H34N2. The second kappa shape index (κ2) is 7.64. The molecule has 0 aromatic carbocycles. The van der Waals surface area contributed by atoms with E-state index in [-0.39, 0.29) is 0 Å². The number of rotatable bonds is 5. The number of nitrogens with zero attached hydrogens (tertiary/aromatic N) is 1. The van der Waals surface area contributed by atoms with Crippen LogP contribution in [0, 0.1) is 17.8 Å². The lowest BCUT2D eigenvalue weighted by molar-refractivity contribution is 0.114. The maximum atomic E-state index is 3.57. The Hall–Kier alpha value is -0.0800. The molecule has 1 aliphatic carbocycles. The predicted octanol–water partition coefficient (Wildman–Crippen LogP) is 3.52. The van der Waals surface area contributed by atoms with Gasteiger partial charge in [-0.1, -0.05) is 26.7 Å². The van der Waals surface area contributed by atoms with Gasteiger partial charge < -0.3 is 10.2 Å². The molecule has 0 aromatic heterocycles. The zero-order chi connectivity index (χ0) is 13.7. The molecule has 3 unspecified atom stereocenters. The highest BCUT2D eigenvalue weighted by Gasteiger charge is 2.30. The minimum absolute atomic E-state index is 0.768. The van der Waals surface area contributed by atoms with E-state index in [4.69, 9.17) is 0 Å². The van der Waals surface area contributed by atoms with Crippen molar-refractivity contribution in [1.29, 1.82) is 0 Å². The highest BCUT2D eigenvalue weighted by atomic mass is 15.1. The average molecular weight is 266 g/mol. The summed E-state index contributed by atoms with van der Waals surface area (Å²) >= 11 is 0. The van der Waals surface area contributed by atoms with E-state index in [0.717, 1.165) is 23.8 Å². The summed E-state index contributed by atoms with van der Waals surface area (Å²) in [5, 5.41) is 3.57. The van der Waals surface area contributed by atoms with Gasteiger partial charge >= 0.3 is 0 Å². The number of hydrogen-bond donors (Lipinski definition) is 1. The second-order valence-electron chi connectivity index (χ2n) is 7.11. The van der Waals surface area contributed by atoms with Gasteiger partial charge in [-0.3, -0.25) is 0 Å². The molecule has 0 bridgehead atoms. The van der Waals surface area contributed by atoms with Gasteiger partial charge in [0.05, 0.1) is 0 Å². The maximum absolute atomic E-state index is 3.57. The van der Waals surface area contributed by atoms with E-state index in [1.165, 1.54) is 64.6 Å². The van der Waals surface area contributed by atoms with Crippen LogP contribution in [0.1, 0.15) is 58.8 Å². The monoisotopic (exact) mass is 266 g/mol. The molecule has 1 saturated carbocycles. The van der Waals surface area contributed by atoms with Crippen LogP contribution in [0.15, 0.2) is 0 Å². The van der Waals surface area contributed by atoms with Crippen molar-refractivity contribution < 1.29 is 0 Å². The van der Waals surface area contributed by atoms with Crippen LogP contribution >= 0.6 is 0 Å². The van der Waals surface area contributed by atoms with E-state index in [1.54, 1.807) is 0 Å². The van der Waals surface area contributed by atoms with Crippen molar-refractivity contribution in [2.24, 2.45) is 17.8 Å². The largest absolute Gasteiger partial charge is 0.317 e. The first-order chi connectivity index (χ1) is 9.22. The predicted molar refractivity (Wildman–Crippen MR) is 83.4 cm³/mol. The van der Waals surface area contributed by atoms with E-state index < -0.39 is 0 Å². The van der Waals surface area contributed by atoms with Gasteiger partial charge in [-0.2, -0.15) is 0 Å². The lowest BCUT2D eigenvalue weighted by Gasteiger charge is -2.40. The first kappa shape index (κ1) is 15.3. The molecule has 2 rings (SSSR count). The number of nitrogens with one attached hydrogen (secondary N) is 1. The summed E-state index contributed by atoms with van der Waals surface area (Å²) in [6.07, 6.45) is 9.94. The van der Waals surface area contributed by atoms with Crippen molar-refractivity contribution in [2.45, 2.75) is 64.8 Å². The molecule has 1 N–H and O–H groups in total. The molecule has 1 saturated heterocycles. The third-order valence-electron chi connectivity index (χ3n) is 5.51. The van der Waals surface area contributed by atoms with E-state index in [1.807, 2.05) is 0 Å². The van der Waals surface area contributed by atoms with Gasteiger partial charge in [-0.25, -0.2) is 0 Å². The highest BCUT2D eigenvalue weighted by molar-refractivity contribution is 4.85. The Kier molecular flexibility index (Phi) is 6.15. The Morgan fingerprint density at radius 3 is 2.47 bits per heavy atom. The fourth-order valence-electron chi connectivity index (χ4n) is 4.28. The smallest absolute Gasteiger partial charge is 0.0105 e. The molecule has 2 nitrogen and oxygen atoms in total. The molecule has 0 amide bonds. The molecule has 112 valence electrons. The molecule has 19 heavy (non-hydrogen) atoms. The summed E-state index contributed by atoms with van der Waals surface area (Å²) in [6, 6.07) is 0.768. The fraction of sp³-hybridized carbons (Fsp3) is 1.00. The van der Waals surface area contributed by atoms with Crippen LogP contribution in [-0.2, 0) is 0 Å². The highest BCUT2D eigenvalue weighted by Crippen LogP contribution is 2.31. The summed E-state index contributed by atoms with van der Waals surface area (Å²) < 4.78 is 0. The Balaban J connectivity index is 1.77. The van der Waals surface area contributed by atoms with Gasteiger partial charge in [0.25, 0.3) is 0 Å². The van der Waals surface area contributed by atoms with Gasteiger partial charge in [-0.15, -0.1) is 0 Å². The quantitative estimate of drug-likeness (QED) is 0.819. The molecule has 0 aromatic rings. The molecule has 0 radical (unpaired) electrons. The zero-order valence-corrected chi connectivity index (χ0v) is 13.3. The minimum Gasteiger partial charge on any atom is -0.317 e. The first-order valence-corrected chi connectivity index (χ1v) is 8.62. The fourth-order valence-corrected chi connectivity index (χ4v) is 4.28. The van der Waals surface area contributed by atoms with Gasteiger partial charge in [0.1, 0.15) is 0 Å². The summed E-state index contributed by atoms with van der Waals surface area (Å²) in [5.74, 6) is 2.84. The van der Waals surface area contributed by atoms with Crippen molar-refractivity contribution in [3.05, 3.63) is 0 Å². The zero-order valence-electron chi connectivity index (χ0n) is 13.3. The van der Waals surface area contributed by atoms with Crippen molar-refractivity contribution in [3.63, 3.8) is 0 Å². The molecule has 1 aliphatic heterocycles. The lowest BCUT2D eigenvalue weighted by Crippen LogP contribution is -2.46. The molecule has 2 heteroatoms. The van der Waals surface area contributed by atoms with E-state index in [2.05, 4.69) is 31.1 Å². The molecule has 3 atom stereocenters. The lowest BCUT2D eigenvalue weighted by atomic mass is 9.78. The molecule has 1 heterocycles. The van der Waals surface area contributed by atoms with Crippen LogP contribution in [0.25, 0.3) is 0 Å². The van der Waals surface area contributed by atoms with Crippen molar-refractivity contribution in [1.82, 2.24) is 10.2 Å². The molecule has 2 aliphatic rings. The Morgan fingerprint density at radius 1 is 1.11 bits per heavy atom. The Morgan fingerprint density at radius 2 is 1.84 bits per heavy atom. The summed E-state index contributed by atoms with van der Waals surface area (Å²) in [5.41, 5.74) is 0. The van der Waals surface area contributed by atoms with Crippen molar-refractivity contribution in [3.8, 4) is 0 Å². The standard InChI is InChI=1S/C17H34N2/c1-4-5-15-8-10-19(11-9-15)13-16-12-14(2)6-7-17(16)18-3/h14-18H,4-13H2,1-3H3. The van der Waals surface area contributed by atoms with Crippen molar-refractivity contribution in [2.75, 3.05) is 26.7 Å². The molecular weight excluding hydrogens is 232 g/mol. The molecule has 2 fully saturated rings. The van der Waals surface area contributed by atoms with E-state index in [0.29, 0.717) is 0 Å². The Bertz CT molecular complexity index is 246. The van der Waals surface area contributed by atoms with Gasteiger partial charge in [0.2, 0.25) is 0 Å². The normalized spacial score (nSPS) is 34.6. The van der Waals surface area contributed by atoms with Crippen molar-refractivity contribution >= 4 is 0 Å². The van der Waals surface area contributed by atoms with Crippen LogP contribution in [0.2, 0.25) is 0 Å². The molecule has 0 spiro atoms. The number of likely N-dealkylation sites (tertiary alicyclic amines) is 1. The van der Waals surface area contributed by atoms with E-state index >= 15 is 0 Å². The third kappa shape index (κ3) is 4.46. The average Bonchev–Trinajstić information content (AvgIpc) is 2.42. The number of hydrogen-bond acceptors (Lipinski definition) is 2. The summed E-state index contributed by atoms with van der Waals surface area (Å²) in [7, 11) is 2.15. The Labute approximate surface area is 120 Å². The van der Waals surface area contributed by atoms with Gasteiger partial charge in [-0.05, 0) is 70.0 Å². The number of piperidine rings is 1. The van der Waals surface area contributed by atoms with Crippen LogP contribution in [0.4, 0.5) is 0 Å². The van der Waals surface area contributed by atoms with Crippen LogP contribution in [-0.4, -0.2) is 37.6 Å². The third-order valence-corrected chi connectivity index (χ3v) is 5.51. The topological polar surface area (TPSA) is 15.3 Å². The van der Waals surface area contributed by atoms with E-state index in [9.17, 15) is 0 Å². The maximum Gasteiger partial charge on any atom is 0.0105 e. The van der Waals surface area contributed by atoms with Crippen LogP contribution < -0.4 is 5.32 Å². The second-order valence-corrected chi connectivity index (χ2v) is 7.11. The van der Waals surface area contributed by atoms with Crippen LogP contribution in [0.5, 0.6) is 0 Å². The SMILES string of the molecule is CCCC1CCN(CC2CC(C)CCC2NC)CC1. The first-order valence-electron chi connectivity index (χ1n) is 8.62.